The molecule has 1 aromatic heterocycles. The Morgan fingerprint density at radius 2 is 2.00 bits per heavy atom. The number of carbonyl (C=O) groups is 1. The number of pyridine rings is 1. The Balaban J connectivity index is 2.45. The lowest BCUT2D eigenvalue weighted by Crippen LogP contribution is -2.30. The van der Waals surface area contributed by atoms with Crippen LogP contribution in [0.5, 0.6) is 0 Å². The van der Waals surface area contributed by atoms with Crippen molar-refractivity contribution in [2.75, 3.05) is 38.5 Å². The van der Waals surface area contributed by atoms with Crippen molar-refractivity contribution >= 4 is 11.7 Å². The largest absolute Gasteiger partial charge is 0.373 e. The van der Waals surface area contributed by atoms with Crippen molar-refractivity contribution in [3.63, 3.8) is 0 Å². The Morgan fingerprint density at radius 1 is 1.30 bits per heavy atom. The van der Waals surface area contributed by atoms with Crippen LogP contribution in [0.15, 0.2) is 12.1 Å². The van der Waals surface area contributed by atoms with Crippen LogP contribution in [-0.4, -0.2) is 49.0 Å². The summed E-state index contributed by atoms with van der Waals surface area (Å²) in [5.41, 5.74) is 1.50. The highest BCUT2D eigenvalue weighted by Gasteiger charge is 2.08. The molecule has 0 fully saturated rings. The molecule has 5 nitrogen and oxygen atoms in total. The van der Waals surface area contributed by atoms with Crippen LogP contribution < -0.4 is 10.6 Å². The molecular weight excluding hydrogens is 252 g/mol. The monoisotopic (exact) mass is 278 g/mol. The third-order valence-electron chi connectivity index (χ3n) is 3.30. The predicted octanol–water partition coefficient (Wildman–Crippen LogP) is 1.89. The van der Waals surface area contributed by atoms with Gasteiger partial charge in [0.2, 0.25) is 0 Å². The van der Waals surface area contributed by atoms with Crippen molar-refractivity contribution in [2.45, 2.75) is 27.2 Å². The standard InChI is InChI=1S/C15H26N4O/c1-5-19(6-2)9-7-8-17-15(20)13-10-12(3)18-14(11-13)16-4/h10-11H,5-9H2,1-4H3,(H,16,18)(H,17,20). The number of hydrogen-bond donors (Lipinski definition) is 2. The fourth-order valence-electron chi connectivity index (χ4n) is 2.07. The zero-order chi connectivity index (χ0) is 15.0. The molecule has 0 bridgehead atoms. The summed E-state index contributed by atoms with van der Waals surface area (Å²) < 4.78 is 0. The quantitative estimate of drug-likeness (QED) is 0.713. The van der Waals surface area contributed by atoms with Gasteiger partial charge in [0, 0.05) is 24.8 Å². The minimum atomic E-state index is -0.0356. The van der Waals surface area contributed by atoms with Gasteiger partial charge in [0.15, 0.2) is 0 Å². The fourth-order valence-corrected chi connectivity index (χ4v) is 2.07. The summed E-state index contributed by atoms with van der Waals surface area (Å²) in [6.07, 6.45) is 0.969. The molecule has 5 heteroatoms. The molecule has 0 saturated heterocycles. The molecule has 0 unspecified atom stereocenters. The second-order valence-corrected chi connectivity index (χ2v) is 4.77. The highest BCUT2D eigenvalue weighted by Crippen LogP contribution is 2.09. The maximum atomic E-state index is 12.1. The van der Waals surface area contributed by atoms with E-state index in [0.29, 0.717) is 12.1 Å². The average molecular weight is 278 g/mol. The first-order chi connectivity index (χ1) is 9.60. The van der Waals surface area contributed by atoms with E-state index in [1.165, 1.54) is 0 Å². The maximum absolute atomic E-state index is 12.1. The number of carbonyl (C=O) groups excluding carboxylic acids is 1. The molecule has 0 aliphatic heterocycles. The molecule has 1 aromatic rings. The topological polar surface area (TPSA) is 57.3 Å². The zero-order valence-electron chi connectivity index (χ0n) is 13.0. The summed E-state index contributed by atoms with van der Waals surface area (Å²) >= 11 is 0. The molecule has 0 aliphatic rings. The van der Waals surface area contributed by atoms with E-state index < -0.39 is 0 Å². The lowest BCUT2D eigenvalue weighted by Gasteiger charge is -2.17. The third kappa shape index (κ3) is 5.17. The van der Waals surface area contributed by atoms with Crippen molar-refractivity contribution in [3.8, 4) is 0 Å². The van der Waals surface area contributed by atoms with E-state index in [1.807, 2.05) is 6.92 Å². The van der Waals surface area contributed by atoms with E-state index in [2.05, 4.69) is 34.4 Å². The Morgan fingerprint density at radius 3 is 2.60 bits per heavy atom. The van der Waals surface area contributed by atoms with Gasteiger partial charge in [0.05, 0.1) is 0 Å². The van der Waals surface area contributed by atoms with Gasteiger partial charge >= 0.3 is 0 Å². The van der Waals surface area contributed by atoms with Gasteiger partial charge in [-0.3, -0.25) is 4.79 Å². The number of nitrogens with zero attached hydrogens (tertiary/aromatic N) is 2. The first kappa shape index (κ1) is 16.4. The van der Waals surface area contributed by atoms with E-state index in [4.69, 9.17) is 0 Å². The van der Waals surface area contributed by atoms with Gasteiger partial charge in [-0.15, -0.1) is 0 Å². The molecule has 0 radical (unpaired) electrons. The van der Waals surface area contributed by atoms with Crippen LogP contribution >= 0.6 is 0 Å². The van der Waals surface area contributed by atoms with E-state index in [1.54, 1.807) is 19.2 Å². The third-order valence-corrected chi connectivity index (χ3v) is 3.30. The van der Waals surface area contributed by atoms with E-state index in [9.17, 15) is 4.79 Å². The SMILES string of the molecule is CCN(CC)CCCNC(=O)c1cc(C)nc(NC)c1. The zero-order valence-corrected chi connectivity index (χ0v) is 13.0. The second-order valence-electron chi connectivity index (χ2n) is 4.77. The molecule has 1 amide bonds. The number of aromatic nitrogens is 1. The van der Waals surface area contributed by atoms with Gasteiger partial charge in [-0.25, -0.2) is 4.98 Å². The Hall–Kier alpha value is -1.62. The summed E-state index contributed by atoms with van der Waals surface area (Å²) in [4.78, 5) is 18.7. The van der Waals surface area contributed by atoms with Crippen LogP contribution in [-0.2, 0) is 0 Å². The maximum Gasteiger partial charge on any atom is 0.251 e. The van der Waals surface area contributed by atoms with Gasteiger partial charge in [-0.1, -0.05) is 13.8 Å². The summed E-state index contributed by atoms with van der Waals surface area (Å²) in [5.74, 6) is 0.685. The van der Waals surface area contributed by atoms with Crippen molar-refractivity contribution < 1.29 is 4.79 Å². The number of hydrogen-bond acceptors (Lipinski definition) is 4. The van der Waals surface area contributed by atoms with Crippen LogP contribution in [0.4, 0.5) is 5.82 Å². The van der Waals surface area contributed by atoms with Gasteiger partial charge in [0.25, 0.3) is 5.91 Å². The van der Waals surface area contributed by atoms with Crippen molar-refractivity contribution in [1.82, 2.24) is 15.2 Å². The van der Waals surface area contributed by atoms with E-state index in [0.717, 1.165) is 37.6 Å². The first-order valence-corrected chi connectivity index (χ1v) is 7.27. The highest BCUT2D eigenvalue weighted by atomic mass is 16.1. The second kappa shape index (κ2) is 8.53. The Labute approximate surface area is 121 Å². The van der Waals surface area contributed by atoms with E-state index >= 15 is 0 Å². The molecule has 0 saturated carbocycles. The van der Waals surface area contributed by atoms with Crippen molar-refractivity contribution in [3.05, 3.63) is 23.4 Å². The molecule has 0 aromatic carbocycles. The molecule has 112 valence electrons. The molecule has 0 atom stereocenters. The lowest BCUT2D eigenvalue weighted by molar-refractivity contribution is 0.0951. The molecule has 2 N–H and O–H groups in total. The van der Waals surface area contributed by atoms with Crippen molar-refractivity contribution in [2.24, 2.45) is 0 Å². The number of anilines is 1. The Kier molecular flexibility index (Phi) is 7.01. The number of amides is 1. The molecule has 1 rings (SSSR count). The van der Waals surface area contributed by atoms with Gasteiger partial charge in [0.1, 0.15) is 5.82 Å². The highest BCUT2D eigenvalue weighted by molar-refractivity contribution is 5.94. The molecular formula is C15H26N4O. The van der Waals surface area contributed by atoms with Crippen molar-refractivity contribution in [1.29, 1.82) is 0 Å². The number of rotatable bonds is 8. The minimum absolute atomic E-state index is 0.0356. The fraction of sp³-hybridized carbons (Fsp3) is 0.600. The smallest absolute Gasteiger partial charge is 0.251 e. The summed E-state index contributed by atoms with van der Waals surface area (Å²) in [7, 11) is 1.80. The first-order valence-electron chi connectivity index (χ1n) is 7.27. The molecule has 1 heterocycles. The number of nitrogens with one attached hydrogen (secondary N) is 2. The van der Waals surface area contributed by atoms with Crippen LogP contribution in [0.2, 0.25) is 0 Å². The lowest BCUT2D eigenvalue weighted by atomic mass is 10.2. The van der Waals surface area contributed by atoms with Gasteiger partial charge < -0.3 is 15.5 Å². The summed E-state index contributed by atoms with van der Waals surface area (Å²) in [5, 5.41) is 5.92. The number of aryl methyl sites for hydroxylation is 1. The summed E-state index contributed by atoms with van der Waals surface area (Å²) in [6.45, 7) is 10.0. The van der Waals surface area contributed by atoms with Crippen LogP contribution in [0, 0.1) is 6.92 Å². The van der Waals surface area contributed by atoms with Crippen LogP contribution in [0.25, 0.3) is 0 Å². The van der Waals surface area contributed by atoms with Gasteiger partial charge in [-0.2, -0.15) is 0 Å². The molecule has 0 aliphatic carbocycles. The van der Waals surface area contributed by atoms with Gasteiger partial charge in [-0.05, 0) is 45.1 Å². The molecule has 0 spiro atoms. The minimum Gasteiger partial charge on any atom is -0.373 e. The van der Waals surface area contributed by atoms with Crippen LogP contribution in [0.3, 0.4) is 0 Å². The Bertz CT molecular complexity index is 430. The molecule has 20 heavy (non-hydrogen) atoms. The van der Waals surface area contributed by atoms with E-state index in [-0.39, 0.29) is 5.91 Å². The average Bonchev–Trinajstić information content (AvgIpc) is 2.46. The van der Waals surface area contributed by atoms with Crippen LogP contribution in [0.1, 0.15) is 36.3 Å². The summed E-state index contributed by atoms with van der Waals surface area (Å²) in [6, 6.07) is 3.58. The predicted molar refractivity (Wildman–Crippen MR) is 83.3 cm³/mol. The normalized spacial score (nSPS) is 10.7.